The second kappa shape index (κ2) is 7.38. The van der Waals surface area contributed by atoms with Crippen molar-refractivity contribution in [2.45, 2.75) is 53.1 Å². The number of imidazole rings is 1. The molecule has 0 radical (unpaired) electrons. The molecule has 2 rings (SSSR count). The molecule has 2 heterocycles. The largest absolute Gasteiger partial charge is 0.311 e. The molecule has 4 nitrogen and oxygen atoms in total. The van der Waals surface area contributed by atoms with Gasteiger partial charge in [-0.25, -0.2) is 4.98 Å². The molecule has 0 aliphatic heterocycles. The lowest BCUT2D eigenvalue weighted by Crippen LogP contribution is -2.27. The molecule has 1 N–H and O–H groups in total. The van der Waals surface area contributed by atoms with Gasteiger partial charge in [-0.2, -0.15) is 0 Å². The fraction of sp³-hybridized carbons (Fsp3) is 0.688. The van der Waals surface area contributed by atoms with Crippen molar-refractivity contribution in [2.75, 3.05) is 20.1 Å². The Labute approximate surface area is 132 Å². The van der Waals surface area contributed by atoms with E-state index in [4.69, 9.17) is 0 Å². The van der Waals surface area contributed by atoms with Crippen LogP contribution in [0.2, 0.25) is 0 Å². The fourth-order valence-corrected chi connectivity index (χ4v) is 3.38. The van der Waals surface area contributed by atoms with Gasteiger partial charge < -0.3 is 10.2 Å². The number of thiazole rings is 1. The van der Waals surface area contributed by atoms with Gasteiger partial charge in [0.15, 0.2) is 4.96 Å². The highest BCUT2D eigenvalue weighted by molar-refractivity contribution is 7.15. The number of nitrogens with zero attached hydrogens (tertiary/aromatic N) is 3. The zero-order valence-electron chi connectivity index (χ0n) is 13.9. The normalized spacial score (nSPS) is 12.1. The molecule has 0 aliphatic rings. The Bertz CT molecular complexity index is 570. The molecule has 0 fully saturated rings. The van der Waals surface area contributed by atoms with E-state index in [1.807, 2.05) is 0 Å². The Morgan fingerprint density at radius 1 is 1.33 bits per heavy atom. The smallest absolute Gasteiger partial charge is 0.194 e. The summed E-state index contributed by atoms with van der Waals surface area (Å²) in [6.45, 7) is 11.9. The van der Waals surface area contributed by atoms with Crippen LogP contribution < -0.4 is 5.32 Å². The molecule has 0 bridgehead atoms. The third kappa shape index (κ3) is 4.05. The molecule has 0 aliphatic carbocycles. The van der Waals surface area contributed by atoms with Crippen LogP contribution in [0.1, 0.15) is 43.8 Å². The molecule has 2 aromatic heterocycles. The number of fused-ring (bicyclic) bond motifs is 1. The second-order valence-electron chi connectivity index (χ2n) is 6.10. The highest BCUT2D eigenvalue weighted by atomic mass is 32.1. The Morgan fingerprint density at radius 2 is 2.10 bits per heavy atom. The van der Waals surface area contributed by atoms with Gasteiger partial charge in [0, 0.05) is 23.7 Å². The number of nitrogens with one attached hydrogen (secondary N) is 1. The van der Waals surface area contributed by atoms with Gasteiger partial charge in [-0.15, -0.1) is 11.3 Å². The summed E-state index contributed by atoms with van der Waals surface area (Å²) in [6, 6.07) is 0.641. The van der Waals surface area contributed by atoms with Gasteiger partial charge in [-0.05, 0) is 60.7 Å². The lowest BCUT2D eigenvalue weighted by Gasteiger charge is -2.20. The summed E-state index contributed by atoms with van der Waals surface area (Å²) >= 11 is 1.72. The van der Waals surface area contributed by atoms with Crippen molar-refractivity contribution in [2.24, 2.45) is 0 Å². The Kier molecular flexibility index (Phi) is 5.79. The first-order valence-electron chi connectivity index (χ1n) is 7.83. The Balaban J connectivity index is 1.75. The van der Waals surface area contributed by atoms with E-state index in [0.29, 0.717) is 6.04 Å². The highest BCUT2D eigenvalue weighted by Crippen LogP contribution is 2.20. The predicted octanol–water partition coefficient (Wildman–Crippen LogP) is 3.22. The Morgan fingerprint density at radius 3 is 2.81 bits per heavy atom. The van der Waals surface area contributed by atoms with Crippen molar-refractivity contribution in [1.82, 2.24) is 19.6 Å². The first kappa shape index (κ1) is 16.5. The van der Waals surface area contributed by atoms with Gasteiger partial charge in [0.1, 0.15) is 0 Å². The van der Waals surface area contributed by atoms with Crippen molar-refractivity contribution < 1.29 is 0 Å². The standard InChI is InChI=1S/C16H28N4S/c1-12(2)19(5)9-7-6-8-17-10-15-14(4)18-16-20(15)13(3)11-21-16/h11-12,17H,6-10H2,1-5H3. The van der Waals surface area contributed by atoms with Crippen LogP contribution in [0.3, 0.4) is 0 Å². The van der Waals surface area contributed by atoms with Gasteiger partial charge in [-0.1, -0.05) is 0 Å². The minimum atomic E-state index is 0.641. The summed E-state index contributed by atoms with van der Waals surface area (Å²) in [5, 5.41) is 5.74. The topological polar surface area (TPSA) is 32.6 Å². The van der Waals surface area contributed by atoms with Crippen molar-refractivity contribution in [1.29, 1.82) is 0 Å². The predicted molar refractivity (Wildman–Crippen MR) is 91.2 cm³/mol. The zero-order chi connectivity index (χ0) is 15.4. The number of aryl methyl sites for hydroxylation is 2. The maximum Gasteiger partial charge on any atom is 0.194 e. The molecular formula is C16H28N4S. The summed E-state index contributed by atoms with van der Waals surface area (Å²) in [6.07, 6.45) is 2.47. The van der Waals surface area contributed by atoms with E-state index >= 15 is 0 Å². The van der Waals surface area contributed by atoms with Crippen LogP contribution in [0.5, 0.6) is 0 Å². The van der Waals surface area contributed by atoms with Gasteiger partial charge in [0.2, 0.25) is 0 Å². The second-order valence-corrected chi connectivity index (χ2v) is 6.93. The number of hydrogen-bond donors (Lipinski definition) is 1. The minimum absolute atomic E-state index is 0.641. The van der Waals surface area contributed by atoms with E-state index in [9.17, 15) is 0 Å². The van der Waals surface area contributed by atoms with Crippen LogP contribution >= 0.6 is 11.3 Å². The summed E-state index contributed by atoms with van der Waals surface area (Å²) < 4.78 is 2.28. The molecule has 118 valence electrons. The van der Waals surface area contributed by atoms with E-state index in [0.717, 1.165) is 23.7 Å². The molecule has 0 aromatic carbocycles. The van der Waals surface area contributed by atoms with E-state index < -0.39 is 0 Å². The maximum atomic E-state index is 4.63. The van der Waals surface area contributed by atoms with E-state index in [1.54, 1.807) is 11.3 Å². The Hall–Kier alpha value is -0.910. The molecule has 0 spiro atoms. The molecule has 2 aromatic rings. The fourth-order valence-electron chi connectivity index (χ4n) is 2.45. The van der Waals surface area contributed by atoms with Gasteiger partial charge in [0.05, 0.1) is 11.4 Å². The number of hydrogen-bond acceptors (Lipinski definition) is 4. The highest BCUT2D eigenvalue weighted by Gasteiger charge is 2.11. The molecule has 21 heavy (non-hydrogen) atoms. The minimum Gasteiger partial charge on any atom is -0.311 e. The average Bonchev–Trinajstić information content (AvgIpc) is 2.93. The summed E-state index contributed by atoms with van der Waals surface area (Å²) in [5.41, 5.74) is 3.74. The number of aromatic nitrogens is 2. The summed E-state index contributed by atoms with van der Waals surface area (Å²) in [7, 11) is 2.20. The van der Waals surface area contributed by atoms with Crippen LogP contribution in [0, 0.1) is 13.8 Å². The van der Waals surface area contributed by atoms with Crippen molar-refractivity contribution in [3.63, 3.8) is 0 Å². The van der Waals surface area contributed by atoms with E-state index in [-0.39, 0.29) is 0 Å². The quantitative estimate of drug-likeness (QED) is 0.760. The zero-order valence-corrected chi connectivity index (χ0v) is 14.8. The van der Waals surface area contributed by atoms with Gasteiger partial charge in [0.25, 0.3) is 0 Å². The molecule has 0 amide bonds. The molecule has 0 unspecified atom stereocenters. The first-order valence-corrected chi connectivity index (χ1v) is 8.71. The SMILES string of the molecule is Cc1nc2scc(C)n2c1CNCCCCN(C)C(C)C. The third-order valence-corrected chi connectivity index (χ3v) is 5.06. The molecule has 0 saturated carbocycles. The van der Waals surface area contributed by atoms with E-state index in [1.165, 1.54) is 30.8 Å². The van der Waals surface area contributed by atoms with Crippen molar-refractivity contribution in [3.8, 4) is 0 Å². The average molecular weight is 308 g/mol. The number of rotatable bonds is 8. The van der Waals surface area contributed by atoms with Crippen LogP contribution in [-0.2, 0) is 6.54 Å². The third-order valence-electron chi connectivity index (χ3n) is 4.12. The first-order chi connectivity index (χ1) is 10.0. The lowest BCUT2D eigenvalue weighted by molar-refractivity contribution is 0.268. The van der Waals surface area contributed by atoms with Gasteiger partial charge >= 0.3 is 0 Å². The van der Waals surface area contributed by atoms with Crippen LogP contribution in [0.15, 0.2) is 5.38 Å². The molecule has 5 heteroatoms. The van der Waals surface area contributed by atoms with Crippen LogP contribution in [-0.4, -0.2) is 40.5 Å². The van der Waals surface area contributed by atoms with Crippen molar-refractivity contribution in [3.05, 3.63) is 22.5 Å². The van der Waals surface area contributed by atoms with Crippen LogP contribution in [0.4, 0.5) is 0 Å². The summed E-state index contributed by atoms with van der Waals surface area (Å²) in [5.74, 6) is 0. The molecular weight excluding hydrogens is 280 g/mol. The summed E-state index contributed by atoms with van der Waals surface area (Å²) in [4.78, 5) is 8.14. The maximum absolute atomic E-state index is 4.63. The number of unbranched alkanes of at least 4 members (excludes halogenated alkanes) is 1. The lowest BCUT2D eigenvalue weighted by atomic mass is 10.2. The molecule has 0 atom stereocenters. The van der Waals surface area contributed by atoms with Crippen LogP contribution in [0.25, 0.3) is 4.96 Å². The molecule has 0 saturated heterocycles. The van der Waals surface area contributed by atoms with Crippen molar-refractivity contribution >= 4 is 16.3 Å². The monoisotopic (exact) mass is 308 g/mol. The van der Waals surface area contributed by atoms with E-state index in [2.05, 4.69) is 59.7 Å². The van der Waals surface area contributed by atoms with Gasteiger partial charge in [-0.3, -0.25) is 4.40 Å².